The van der Waals surface area contributed by atoms with Crippen molar-refractivity contribution in [2.24, 2.45) is 0 Å². The number of nitrogens with zero attached hydrogens (tertiary/aromatic N) is 2. The number of hydrogen-bond donors (Lipinski definition) is 2. The van der Waals surface area contributed by atoms with Crippen LogP contribution in [0.3, 0.4) is 0 Å². The molecule has 1 aliphatic rings. The molecule has 10 nitrogen and oxygen atoms in total. The summed E-state index contributed by atoms with van der Waals surface area (Å²) in [4.78, 5) is 35.2. The topological polar surface area (TPSA) is 126 Å². The van der Waals surface area contributed by atoms with Crippen LogP contribution in [0.2, 0.25) is 0 Å². The Labute approximate surface area is 191 Å². The summed E-state index contributed by atoms with van der Waals surface area (Å²) in [6.07, 6.45) is 0. The Morgan fingerprint density at radius 1 is 0.818 bits per heavy atom. The Bertz CT molecular complexity index is 959. The van der Waals surface area contributed by atoms with Crippen molar-refractivity contribution in [3.63, 3.8) is 0 Å². The van der Waals surface area contributed by atoms with E-state index >= 15 is 0 Å². The zero-order valence-corrected chi connectivity index (χ0v) is 18.8. The van der Waals surface area contributed by atoms with Crippen LogP contribution in [0.15, 0.2) is 42.5 Å². The lowest BCUT2D eigenvalue weighted by molar-refractivity contribution is -0.159. The van der Waals surface area contributed by atoms with Crippen molar-refractivity contribution in [2.75, 3.05) is 47.5 Å². The maximum absolute atomic E-state index is 12.8. The Morgan fingerprint density at radius 3 is 1.97 bits per heavy atom. The number of piperazine rings is 1. The molecule has 0 spiro atoms. The largest absolute Gasteiger partial charge is 0.497 e. The number of para-hydroxylation sites is 1. The monoisotopic (exact) mass is 460 g/mol. The van der Waals surface area contributed by atoms with Gasteiger partial charge in [0.15, 0.2) is 0 Å². The second-order valence-electron chi connectivity index (χ2n) is 7.06. The van der Waals surface area contributed by atoms with Gasteiger partial charge >= 0.3 is 11.9 Å². The van der Waals surface area contributed by atoms with Gasteiger partial charge in [0, 0.05) is 38.3 Å². The first-order valence-electron chi connectivity index (χ1n) is 10.1. The van der Waals surface area contributed by atoms with Gasteiger partial charge in [-0.05, 0) is 30.3 Å². The maximum Gasteiger partial charge on any atom is 0.414 e. The Kier molecular flexibility index (Phi) is 9.49. The molecule has 0 unspecified atom stereocenters. The van der Waals surface area contributed by atoms with Gasteiger partial charge in [0.2, 0.25) is 0 Å². The zero-order valence-electron chi connectivity index (χ0n) is 18.8. The summed E-state index contributed by atoms with van der Waals surface area (Å²) in [5, 5.41) is 14.8. The highest BCUT2D eigenvalue weighted by atomic mass is 16.5. The van der Waals surface area contributed by atoms with E-state index in [1.807, 2.05) is 47.4 Å². The summed E-state index contributed by atoms with van der Waals surface area (Å²) < 4.78 is 16.1. The van der Waals surface area contributed by atoms with E-state index in [-0.39, 0.29) is 5.91 Å². The molecule has 1 heterocycles. The highest BCUT2D eigenvalue weighted by Gasteiger charge is 2.24. The van der Waals surface area contributed by atoms with Crippen molar-refractivity contribution >= 4 is 17.8 Å². The van der Waals surface area contributed by atoms with Crippen LogP contribution < -0.4 is 14.2 Å². The van der Waals surface area contributed by atoms with Crippen LogP contribution in [0.4, 0.5) is 0 Å². The smallest absolute Gasteiger partial charge is 0.414 e. The fourth-order valence-corrected chi connectivity index (χ4v) is 3.35. The van der Waals surface area contributed by atoms with E-state index in [2.05, 4.69) is 4.90 Å². The zero-order chi connectivity index (χ0) is 24.4. The molecule has 2 aromatic carbocycles. The molecule has 33 heavy (non-hydrogen) atoms. The third-order valence-electron chi connectivity index (χ3n) is 5.06. The highest BCUT2D eigenvalue weighted by molar-refractivity contribution is 6.27. The van der Waals surface area contributed by atoms with Crippen LogP contribution in [0.5, 0.6) is 17.2 Å². The van der Waals surface area contributed by atoms with Crippen LogP contribution >= 0.6 is 0 Å². The van der Waals surface area contributed by atoms with Crippen LogP contribution in [0.1, 0.15) is 15.9 Å². The van der Waals surface area contributed by atoms with Gasteiger partial charge in [-0.3, -0.25) is 9.69 Å². The number of methoxy groups -OCH3 is 3. The summed E-state index contributed by atoms with van der Waals surface area (Å²) >= 11 is 0. The highest BCUT2D eigenvalue weighted by Crippen LogP contribution is 2.26. The van der Waals surface area contributed by atoms with Gasteiger partial charge in [-0.25, -0.2) is 9.59 Å². The fourth-order valence-electron chi connectivity index (χ4n) is 3.35. The SMILES string of the molecule is COc1ccc(OC)c(CN2CCN(C(=O)c3ccccc3OC)CC2)c1.O=C(O)C(=O)O. The van der Waals surface area contributed by atoms with Gasteiger partial charge in [0.25, 0.3) is 5.91 Å². The number of hydrogen-bond acceptors (Lipinski definition) is 7. The Hall–Kier alpha value is -3.79. The second-order valence-corrected chi connectivity index (χ2v) is 7.06. The van der Waals surface area contributed by atoms with Crippen LogP contribution in [0, 0.1) is 0 Å². The van der Waals surface area contributed by atoms with Crippen molar-refractivity contribution in [3.8, 4) is 17.2 Å². The molecular weight excluding hydrogens is 432 g/mol. The number of rotatable bonds is 6. The van der Waals surface area contributed by atoms with Crippen molar-refractivity contribution in [3.05, 3.63) is 53.6 Å². The number of carboxylic acids is 2. The summed E-state index contributed by atoms with van der Waals surface area (Å²) in [6.45, 7) is 3.74. The average molecular weight is 460 g/mol. The van der Waals surface area contributed by atoms with Gasteiger partial charge in [0.1, 0.15) is 17.2 Å². The predicted molar refractivity (Wildman–Crippen MR) is 119 cm³/mol. The first-order valence-corrected chi connectivity index (χ1v) is 10.1. The Balaban J connectivity index is 0.000000569. The predicted octanol–water partition coefficient (Wildman–Crippen LogP) is 1.83. The molecule has 1 fully saturated rings. The second kappa shape index (κ2) is 12.3. The van der Waals surface area contributed by atoms with E-state index in [4.69, 9.17) is 34.0 Å². The molecule has 10 heteroatoms. The van der Waals surface area contributed by atoms with Crippen LogP contribution in [-0.2, 0) is 16.1 Å². The molecule has 1 aliphatic heterocycles. The molecule has 1 saturated heterocycles. The third kappa shape index (κ3) is 7.11. The number of ether oxygens (including phenoxy) is 3. The van der Waals surface area contributed by atoms with Crippen molar-refractivity contribution < 1.29 is 38.8 Å². The molecule has 3 rings (SSSR count). The Morgan fingerprint density at radius 2 is 1.42 bits per heavy atom. The van der Waals surface area contributed by atoms with Gasteiger partial charge in [-0.2, -0.15) is 0 Å². The minimum atomic E-state index is -1.82. The first kappa shape index (κ1) is 25.5. The normalized spacial score (nSPS) is 13.4. The van der Waals surface area contributed by atoms with Crippen LogP contribution in [0.25, 0.3) is 0 Å². The molecule has 2 aromatic rings. The number of benzene rings is 2. The number of aliphatic carboxylic acids is 2. The first-order chi connectivity index (χ1) is 15.8. The van der Waals surface area contributed by atoms with Gasteiger partial charge in [-0.15, -0.1) is 0 Å². The molecule has 1 amide bonds. The number of amides is 1. The van der Waals surface area contributed by atoms with E-state index in [0.29, 0.717) is 24.4 Å². The van der Waals surface area contributed by atoms with Gasteiger partial charge in [-0.1, -0.05) is 12.1 Å². The molecule has 0 aliphatic carbocycles. The standard InChI is InChI=1S/C21H26N2O4.C2H2O4/c1-25-17-8-9-19(26-2)16(14-17)15-22-10-12-23(13-11-22)21(24)18-6-4-5-7-20(18)27-3;3-1(4)2(5)6/h4-9,14H,10-13,15H2,1-3H3;(H,3,4)(H,5,6). The lowest BCUT2D eigenvalue weighted by atomic mass is 10.1. The van der Waals surface area contributed by atoms with E-state index in [1.54, 1.807) is 21.3 Å². The minimum Gasteiger partial charge on any atom is -0.497 e. The molecule has 0 radical (unpaired) electrons. The van der Waals surface area contributed by atoms with E-state index in [0.717, 1.165) is 36.7 Å². The van der Waals surface area contributed by atoms with Gasteiger partial charge < -0.3 is 29.3 Å². The lowest BCUT2D eigenvalue weighted by Gasteiger charge is -2.35. The lowest BCUT2D eigenvalue weighted by Crippen LogP contribution is -2.48. The molecule has 0 aromatic heterocycles. The summed E-state index contributed by atoms with van der Waals surface area (Å²) in [6, 6.07) is 13.2. The van der Waals surface area contributed by atoms with E-state index < -0.39 is 11.9 Å². The van der Waals surface area contributed by atoms with Crippen molar-refractivity contribution in [2.45, 2.75) is 6.54 Å². The summed E-state index contributed by atoms with van der Waals surface area (Å²) in [7, 11) is 4.93. The van der Waals surface area contributed by atoms with E-state index in [9.17, 15) is 4.79 Å². The number of carboxylic acid groups (broad SMARTS) is 2. The van der Waals surface area contributed by atoms with Crippen molar-refractivity contribution in [1.29, 1.82) is 0 Å². The molecule has 0 saturated carbocycles. The maximum atomic E-state index is 12.8. The molecule has 178 valence electrons. The van der Waals surface area contributed by atoms with Gasteiger partial charge in [0.05, 0.1) is 26.9 Å². The molecule has 0 atom stereocenters. The van der Waals surface area contributed by atoms with Crippen molar-refractivity contribution in [1.82, 2.24) is 9.80 Å². The quantitative estimate of drug-likeness (QED) is 0.621. The molecule has 0 bridgehead atoms. The summed E-state index contributed by atoms with van der Waals surface area (Å²) in [5.41, 5.74) is 1.70. The fraction of sp³-hybridized carbons (Fsp3) is 0.348. The minimum absolute atomic E-state index is 0.0195. The third-order valence-corrected chi connectivity index (χ3v) is 5.06. The van der Waals surface area contributed by atoms with E-state index in [1.165, 1.54) is 0 Å². The number of carbonyl (C=O) groups is 3. The average Bonchev–Trinajstić information content (AvgIpc) is 2.84. The summed E-state index contributed by atoms with van der Waals surface area (Å²) in [5.74, 6) is -1.35. The number of carbonyl (C=O) groups excluding carboxylic acids is 1. The molecule has 2 N–H and O–H groups in total. The van der Waals surface area contributed by atoms with Crippen LogP contribution in [-0.4, -0.2) is 85.4 Å². The molecular formula is C23H28N2O8.